The normalized spacial score (nSPS) is 16.6. The van der Waals surface area contributed by atoms with E-state index >= 15 is 0 Å². The molecule has 2 atom stereocenters. The lowest BCUT2D eigenvalue weighted by atomic mass is 10.0. The zero-order chi connectivity index (χ0) is 16.2. The number of hydrogen-bond donors (Lipinski definition) is 2. The summed E-state index contributed by atoms with van der Waals surface area (Å²) in [6.45, 7) is 2.06. The smallest absolute Gasteiger partial charge is 0.241 e. The van der Waals surface area contributed by atoms with Crippen LogP contribution in [0.2, 0.25) is 5.02 Å². The van der Waals surface area contributed by atoms with Crippen molar-refractivity contribution in [3.8, 4) is 0 Å². The van der Waals surface area contributed by atoms with Crippen LogP contribution in [-0.4, -0.2) is 11.9 Å². The zero-order valence-electron chi connectivity index (χ0n) is 13.1. The first kappa shape index (κ1) is 16.0. The van der Waals surface area contributed by atoms with Gasteiger partial charge < -0.3 is 5.32 Å². The van der Waals surface area contributed by atoms with Crippen molar-refractivity contribution in [1.82, 2.24) is 10.6 Å². The molecule has 0 aromatic heterocycles. The molecule has 0 aliphatic heterocycles. The Kier molecular flexibility index (Phi) is 4.99. The molecular weight excluding hydrogens is 308 g/mol. The molecule has 1 fully saturated rings. The summed E-state index contributed by atoms with van der Waals surface area (Å²) in [4.78, 5) is 12.6. The van der Waals surface area contributed by atoms with E-state index in [0.717, 1.165) is 24.0 Å². The summed E-state index contributed by atoms with van der Waals surface area (Å²) in [5.74, 6) is 0.0412. The van der Waals surface area contributed by atoms with Gasteiger partial charge in [-0.25, -0.2) is 0 Å². The highest BCUT2D eigenvalue weighted by Crippen LogP contribution is 2.24. The van der Waals surface area contributed by atoms with E-state index in [1.165, 1.54) is 0 Å². The minimum atomic E-state index is -0.359. The highest BCUT2D eigenvalue weighted by molar-refractivity contribution is 6.30. The van der Waals surface area contributed by atoms with Crippen molar-refractivity contribution in [3.63, 3.8) is 0 Å². The van der Waals surface area contributed by atoms with E-state index in [-0.39, 0.29) is 18.0 Å². The minimum Gasteiger partial charge on any atom is -0.352 e. The average molecular weight is 329 g/mol. The van der Waals surface area contributed by atoms with Crippen molar-refractivity contribution in [2.45, 2.75) is 37.9 Å². The van der Waals surface area contributed by atoms with Crippen LogP contribution in [0.15, 0.2) is 54.6 Å². The van der Waals surface area contributed by atoms with Gasteiger partial charge in [0.15, 0.2) is 0 Å². The molecule has 0 bridgehead atoms. The van der Waals surface area contributed by atoms with Gasteiger partial charge in [0, 0.05) is 17.1 Å². The largest absolute Gasteiger partial charge is 0.352 e. The van der Waals surface area contributed by atoms with Crippen LogP contribution in [0.4, 0.5) is 0 Å². The molecule has 23 heavy (non-hydrogen) atoms. The van der Waals surface area contributed by atoms with E-state index in [1.54, 1.807) is 0 Å². The van der Waals surface area contributed by atoms with Gasteiger partial charge in [0.25, 0.3) is 0 Å². The third kappa shape index (κ3) is 4.34. The van der Waals surface area contributed by atoms with Crippen LogP contribution in [0.3, 0.4) is 0 Å². The van der Waals surface area contributed by atoms with Crippen LogP contribution in [0.1, 0.15) is 43.0 Å². The van der Waals surface area contributed by atoms with Gasteiger partial charge in [-0.05, 0) is 43.0 Å². The summed E-state index contributed by atoms with van der Waals surface area (Å²) in [5, 5.41) is 7.26. The molecule has 4 heteroatoms. The summed E-state index contributed by atoms with van der Waals surface area (Å²) < 4.78 is 0. The molecule has 0 spiro atoms. The Balaban J connectivity index is 1.77. The standard InChI is InChI=1S/C19H21ClN2O/c1-13(14-7-9-16(20)10-8-14)21-18(15-5-3-2-4-6-15)19(23)22-17-11-12-17/h2-10,13,17-18,21H,11-12H2,1H3,(H,22,23)/t13-,18-/m0/s1. The predicted octanol–water partition coefficient (Wildman–Crippen LogP) is 4.01. The molecule has 2 N–H and O–H groups in total. The lowest BCUT2D eigenvalue weighted by molar-refractivity contribution is -0.123. The number of halogens is 1. The topological polar surface area (TPSA) is 41.1 Å². The zero-order valence-corrected chi connectivity index (χ0v) is 13.9. The second kappa shape index (κ2) is 7.16. The minimum absolute atomic E-state index is 0.0412. The Morgan fingerprint density at radius 3 is 2.30 bits per heavy atom. The number of rotatable bonds is 6. The number of nitrogens with one attached hydrogen (secondary N) is 2. The van der Waals surface area contributed by atoms with Gasteiger partial charge >= 0.3 is 0 Å². The van der Waals surface area contributed by atoms with Crippen molar-refractivity contribution in [3.05, 3.63) is 70.7 Å². The maximum Gasteiger partial charge on any atom is 0.241 e. The van der Waals surface area contributed by atoms with Crippen LogP contribution in [0.5, 0.6) is 0 Å². The van der Waals surface area contributed by atoms with Crippen LogP contribution >= 0.6 is 11.6 Å². The van der Waals surface area contributed by atoms with Crippen molar-refractivity contribution in [2.24, 2.45) is 0 Å². The fourth-order valence-electron chi connectivity index (χ4n) is 2.58. The third-order valence-electron chi connectivity index (χ3n) is 4.11. The molecule has 0 radical (unpaired) electrons. The Morgan fingerprint density at radius 1 is 1.04 bits per heavy atom. The number of hydrogen-bond acceptors (Lipinski definition) is 2. The molecule has 3 nitrogen and oxygen atoms in total. The van der Waals surface area contributed by atoms with E-state index < -0.39 is 0 Å². The second-order valence-corrected chi connectivity index (χ2v) is 6.50. The fraction of sp³-hybridized carbons (Fsp3) is 0.316. The van der Waals surface area contributed by atoms with Crippen LogP contribution in [-0.2, 0) is 4.79 Å². The molecule has 120 valence electrons. The van der Waals surface area contributed by atoms with E-state index in [0.29, 0.717) is 11.1 Å². The predicted molar refractivity (Wildman–Crippen MR) is 93.4 cm³/mol. The monoisotopic (exact) mass is 328 g/mol. The summed E-state index contributed by atoms with van der Waals surface area (Å²) in [5.41, 5.74) is 2.08. The van der Waals surface area contributed by atoms with Gasteiger partial charge in [-0.15, -0.1) is 0 Å². The molecule has 2 aromatic rings. The lowest BCUT2D eigenvalue weighted by Crippen LogP contribution is -2.39. The van der Waals surface area contributed by atoms with Gasteiger partial charge in [0.05, 0.1) is 0 Å². The quantitative estimate of drug-likeness (QED) is 0.841. The molecule has 1 amide bonds. The van der Waals surface area contributed by atoms with Gasteiger partial charge in [0.2, 0.25) is 5.91 Å². The fourth-order valence-corrected chi connectivity index (χ4v) is 2.70. The molecule has 0 heterocycles. The number of carbonyl (C=O) groups excluding carboxylic acids is 1. The van der Waals surface area contributed by atoms with Gasteiger partial charge in [-0.1, -0.05) is 54.1 Å². The van der Waals surface area contributed by atoms with Crippen LogP contribution in [0.25, 0.3) is 0 Å². The van der Waals surface area contributed by atoms with Crippen molar-refractivity contribution >= 4 is 17.5 Å². The van der Waals surface area contributed by atoms with Gasteiger partial charge in [0.1, 0.15) is 6.04 Å². The summed E-state index contributed by atoms with van der Waals surface area (Å²) in [6, 6.07) is 17.6. The van der Waals surface area contributed by atoms with Gasteiger partial charge in [-0.2, -0.15) is 0 Å². The molecular formula is C19H21ClN2O. The van der Waals surface area contributed by atoms with E-state index in [9.17, 15) is 4.79 Å². The molecule has 1 aliphatic carbocycles. The average Bonchev–Trinajstić information content (AvgIpc) is 3.37. The molecule has 1 saturated carbocycles. The lowest BCUT2D eigenvalue weighted by Gasteiger charge is -2.23. The molecule has 2 aromatic carbocycles. The van der Waals surface area contributed by atoms with Crippen molar-refractivity contribution in [1.29, 1.82) is 0 Å². The van der Waals surface area contributed by atoms with Crippen LogP contribution < -0.4 is 10.6 Å². The Labute approximate surface area is 142 Å². The number of amides is 1. The highest BCUT2D eigenvalue weighted by atomic mass is 35.5. The second-order valence-electron chi connectivity index (χ2n) is 6.07. The first-order valence-electron chi connectivity index (χ1n) is 8.00. The third-order valence-corrected chi connectivity index (χ3v) is 4.36. The Hall–Kier alpha value is -1.84. The first-order valence-corrected chi connectivity index (χ1v) is 8.38. The summed E-state index contributed by atoms with van der Waals surface area (Å²) in [7, 11) is 0. The van der Waals surface area contributed by atoms with Gasteiger partial charge in [-0.3, -0.25) is 10.1 Å². The molecule has 0 unspecified atom stereocenters. The summed E-state index contributed by atoms with van der Waals surface area (Å²) in [6.07, 6.45) is 2.17. The van der Waals surface area contributed by atoms with Crippen molar-refractivity contribution < 1.29 is 4.79 Å². The maximum absolute atomic E-state index is 12.6. The number of carbonyl (C=O) groups is 1. The van der Waals surface area contributed by atoms with Crippen molar-refractivity contribution in [2.75, 3.05) is 0 Å². The van der Waals surface area contributed by atoms with E-state index in [2.05, 4.69) is 17.6 Å². The molecule has 1 aliphatic rings. The summed E-state index contributed by atoms with van der Waals surface area (Å²) >= 11 is 5.95. The maximum atomic E-state index is 12.6. The first-order chi connectivity index (χ1) is 11.1. The highest BCUT2D eigenvalue weighted by Gasteiger charge is 2.29. The SMILES string of the molecule is C[C@H](N[C@H](C(=O)NC1CC1)c1ccccc1)c1ccc(Cl)cc1. The van der Waals surface area contributed by atoms with E-state index in [1.807, 2.05) is 54.6 Å². The molecule has 0 saturated heterocycles. The Morgan fingerprint density at radius 2 is 1.70 bits per heavy atom. The molecule has 3 rings (SSSR count). The van der Waals surface area contributed by atoms with E-state index in [4.69, 9.17) is 11.6 Å². The Bertz CT molecular complexity index is 653. The number of benzene rings is 2. The van der Waals surface area contributed by atoms with Crippen LogP contribution in [0, 0.1) is 0 Å².